The highest BCUT2D eigenvalue weighted by atomic mass is 32.2. The summed E-state index contributed by atoms with van der Waals surface area (Å²) in [5.74, 6) is 4.08. The Bertz CT molecular complexity index is 321. The van der Waals surface area contributed by atoms with Crippen molar-refractivity contribution in [3.63, 3.8) is 0 Å². The number of rotatable bonds is 4. The highest BCUT2D eigenvalue weighted by Gasteiger charge is 2.15. The van der Waals surface area contributed by atoms with Crippen LogP contribution in [-0.4, -0.2) is 29.8 Å². The molecule has 2 rings (SSSR count). The Kier molecular flexibility index (Phi) is 4.55. The van der Waals surface area contributed by atoms with E-state index in [4.69, 9.17) is 9.84 Å². The van der Waals surface area contributed by atoms with Gasteiger partial charge in [-0.15, -0.1) is 0 Å². The van der Waals surface area contributed by atoms with Gasteiger partial charge in [-0.05, 0) is 42.2 Å². The Morgan fingerprint density at radius 1 is 1.44 bits per heavy atom. The van der Waals surface area contributed by atoms with Gasteiger partial charge in [-0.1, -0.05) is 12.1 Å². The summed E-state index contributed by atoms with van der Waals surface area (Å²) in [6.45, 7) is 0.451. The number of thioether (sulfide) groups is 1. The van der Waals surface area contributed by atoms with E-state index in [2.05, 4.69) is 12.1 Å². The second kappa shape index (κ2) is 6.16. The number of hydrogen-bond acceptors (Lipinski definition) is 3. The Balaban J connectivity index is 2.02. The van der Waals surface area contributed by atoms with Crippen LogP contribution in [0.2, 0.25) is 0 Å². The smallest absolute Gasteiger partial charge is 0.119 e. The summed E-state index contributed by atoms with van der Waals surface area (Å²) in [7, 11) is 0. The molecule has 0 aliphatic carbocycles. The molecular weight excluding hydrogens is 220 g/mol. The van der Waals surface area contributed by atoms with Gasteiger partial charge in [0, 0.05) is 5.75 Å². The highest BCUT2D eigenvalue weighted by molar-refractivity contribution is 7.99. The zero-order chi connectivity index (χ0) is 11.2. The molecule has 1 aromatic carbocycles. The van der Waals surface area contributed by atoms with E-state index >= 15 is 0 Å². The molecule has 1 N–H and O–H groups in total. The Morgan fingerprint density at radius 2 is 2.38 bits per heavy atom. The fourth-order valence-corrected chi connectivity index (χ4v) is 3.21. The van der Waals surface area contributed by atoms with Crippen LogP contribution in [0.15, 0.2) is 24.3 Å². The van der Waals surface area contributed by atoms with Crippen LogP contribution in [0.1, 0.15) is 24.3 Å². The lowest BCUT2D eigenvalue weighted by Crippen LogP contribution is -2.09. The lowest BCUT2D eigenvalue weighted by atomic mass is 9.96. The lowest BCUT2D eigenvalue weighted by molar-refractivity contribution is 0.201. The topological polar surface area (TPSA) is 29.5 Å². The predicted molar refractivity (Wildman–Crippen MR) is 68.3 cm³/mol. The maximum atomic E-state index is 8.72. The van der Waals surface area contributed by atoms with Crippen molar-refractivity contribution in [3.8, 4) is 5.75 Å². The van der Waals surface area contributed by atoms with Crippen molar-refractivity contribution >= 4 is 11.8 Å². The van der Waals surface area contributed by atoms with Crippen LogP contribution in [-0.2, 0) is 0 Å². The van der Waals surface area contributed by atoms with Gasteiger partial charge in [0.2, 0.25) is 0 Å². The van der Waals surface area contributed by atoms with E-state index in [1.165, 1.54) is 29.9 Å². The van der Waals surface area contributed by atoms with E-state index in [-0.39, 0.29) is 6.61 Å². The van der Waals surface area contributed by atoms with Crippen molar-refractivity contribution < 1.29 is 9.84 Å². The van der Waals surface area contributed by atoms with Gasteiger partial charge in [-0.3, -0.25) is 0 Å². The third-order valence-corrected chi connectivity index (χ3v) is 4.07. The number of ether oxygens (including phenoxy) is 1. The minimum absolute atomic E-state index is 0.0729. The molecule has 1 aromatic rings. The van der Waals surface area contributed by atoms with Crippen molar-refractivity contribution in [1.82, 2.24) is 0 Å². The molecule has 1 aliphatic heterocycles. The van der Waals surface area contributed by atoms with Gasteiger partial charge in [0.1, 0.15) is 12.4 Å². The van der Waals surface area contributed by atoms with Gasteiger partial charge < -0.3 is 9.84 Å². The summed E-state index contributed by atoms with van der Waals surface area (Å²) in [4.78, 5) is 0. The van der Waals surface area contributed by atoms with E-state index in [0.29, 0.717) is 12.5 Å². The fraction of sp³-hybridized carbons (Fsp3) is 0.538. The van der Waals surface area contributed by atoms with Crippen molar-refractivity contribution in [2.75, 3.05) is 24.7 Å². The minimum atomic E-state index is 0.0729. The van der Waals surface area contributed by atoms with E-state index in [1.807, 2.05) is 23.9 Å². The summed E-state index contributed by atoms with van der Waals surface area (Å²) in [5, 5.41) is 8.72. The quantitative estimate of drug-likeness (QED) is 0.874. The molecule has 1 heterocycles. The standard InChI is InChI=1S/C13H18O2S/c14-6-7-15-13-5-1-3-11(9-13)12-4-2-8-16-10-12/h1,3,5,9,12,14H,2,4,6-8,10H2. The van der Waals surface area contributed by atoms with Crippen LogP contribution < -0.4 is 4.74 Å². The molecule has 0 saturated carbocycles. The van der Waals surface area contributed by atoms with E-state index in [0.717, 1.165) is 5.75 Å². The third kappa shape index (κ3) is 3.16. The van der Waals surface area contributed by atoms with E-state index in [9.17, 15) is 0 Å². The fourth-order valence-electron chi connectivity index (χ4n) is 2.03. The second-order valence-corrected chi connectivity index (χ2v) is 5.21. The zero-order valence-corrected chi connectivity index (χ0v) is 10.2. The molecule has 2 nitrogen and oxygen atoms in total. The molecule has 1 unspecified atom stereocenters. The second-order valence-electron chi connectivity index (χ2n) is 4.06. The van der Waals surface area contributed by atoms with Gasteiger partial charge in [0.25, 0.3) is 0 Å². The van der Waals surface area contributed by atoms with Gasteiger partial charge in [-0.25, -0.2) is 0 Å². The molecule has 88 valence electrons. The first-order valence-electron chi connectivity index (χ1n) is 5.81. The highest BCUT2D eigenvalue weighted by Crippen LogP contribution is 2.32. The molecule has 0 amide bonds. The predicted octanol–water partition coefficient (Wildman–Crippen LogP) is 2.67. The molecule has 3 heteroatoms. The van der Waals surface area contributed by atoms with Crippen molar-refractivity contribution in [3.05, 3.63) is 29.8 Å². The maximum Gasteiger partial charge on any atom is 0.119 e. The SMILES string of the molecule is OCCOc1cccc(C2CCCSC2)c1. The summed E-state index contributed by atoms with van der Waals surface area (Å²) >= 11 is 2.04. The monoisotopic (exact) mass is 238 g/mol. The maximum absolute atomic E-state index is 8.72. The van der Waals surface area contributed by atoms with Crippen LogP contribution in [0.5, 0.6) is 5.75 Å². The molecule has 1 fully saturated rings. The van der Waals surface area contributed by atoms with E-state index in [1.54, 1.807) is 0 Å². The average molecular weight is 238 g/mol. The van der Waals surface area contributed by atoms with Crippen LogP contribution in [0.3, 0.4) is 0 Å². The number of aliphatic hydroxyl groups is 1. The summed E-state index contributed by atoms with van der Waals surface area (Å²) in [6.07, 6.45) is 2.60. The molecule has 0 aromatic heterocycles. The van der Waals surface area contributed by atoms with Gasteiger partial charge >= 0.3 is 0 Å². The first-order chi connectivity index (χ1) is 7.90. The first-order valence-corrected chi connectivity index (χ1v) is 6.97. The van der Waals surface area contributed by atoms with Gasteiger partial charge in [0.05, 0.1) is 6.61 Å². The zero-order valence-electron chi connectivity index (χ0n) is 9.39. The molecular formula is C13H18O2S. The molecule has 0 bridgehead atoms. The number of hydrogen-bond donors (Lipinski definition) is 1. The average Bonchev–Trinajstić information content (AvgIpc) is 2.38. The Morgan fingerprint density at radius 3 is 3.12 bits per heavy atom. The summed E-state index contributed by atoms with van der Waals surface area (Å²) in [6, 6.07) is 8.30. The molecule has 0 radical (unpaired) electrons. The van der Waals surface area contributed by atoms with Crippen molar-refractivity contribution in [1.29, 1.82) is 0 Å². The summed E-state index contributed by atoms with van der Waals surface area (Å²) < 4.78 is 5.43. The normalized spacial score (nSPS) is 20.7. The van der Waals surface area contributed by atoms with Crippen LogP contribution in [0, 0.1) is 0 Å². The largest absolute Gasteiger partial charge is 0.491 e. The molecule has 1 aliphatic rings. The number of benzene rings is 1. The molecule has 1 saturated heterocycles. The van der Waals surface area contributed by atoms with Gasteiger partial charge in [-0.2, -0.15) is 11.8 Å². The van der Waals surface area contributed by atoms with Crippen LogP contribution >= 0.6 is 11.8 Å². The Labute approximate surface area is 101 Å². The van der Waals surface area contributed by atoms with Crippen molar-refractivity contribution in [2.45, 2.75) is 18.8 Å². The van der Waals surface area contributed by atoms with Crippen LogP contribution in [0.4, 0.5) is 0 Å². The molecule has 1 atom stereocenters. The van der Waals surface area contributed by atoms with Crippen molar-refractivity contribution in [2.24, 2.45) is 0 Å². The molecule has 16 heavy (non-hydrogen) atoms. The van der Waals surface area contributed by atoms with Gasteiger partial charge in [0.15, 0.2) is 0 Å². The lowest BCUT2D eigenvalue weighted by Gasteiger charge is -2.22. The number of aliphatic hydroxyl groups excluding tert-OH is 1. The summed E-state index contributed by atoms with van der Waals surface area (Å²) in [5.41, 5.74) is 1.38. The third-order valence-electron chi connectivity index (χ3n) is 2.85. The van der Waals surface area contributed by atoms with Crippen LogP contribution in [0.25, 0.3) is 0 Å². The molecule has 0 spiro atoms. The van der Waals surface area contributed by atoms with E-state index < -0.39 is 0 Å². The Hall–Kier alpha value is -0.670. The minimum Gasteiger partial charge on any atom is -0.491 e. The first kappa shape index (κ1) is 11.8.